The number of nitrogens with zero attached hydrogens (tertiary/aromatic N) is 1. The Kier molecular flexibility index (Phi) is 7.96. The molecule has 22 heavy (non-hydrogen) atoms. The highest BCUT2D eigenvalue weighted by Crippen LogP contribution is 2.22. The normalized spacial score (nSPS) is 13.7. The quantitative estimate of drug-likeness (QED) is 0.716. The zero-order valence-electron chi connectivity index (χ0n) is 12.9. The second kappa shape index (κ2) is 8.23. The van der Waals surface area contributed by atoms with Gasteiger partial charge in [-0.1, -0.05) is 12.1 Å². The van der Waals surface area contributed by atoms with Gasteiger partial charge in [-0.2, -0.15) is 0 Å². The predicted molar refractivity (Wildman–Crippen MR) is 88.3 cm³/mol. The Morgan fingerprint density at radius 1 is 1.09 bits per heavy atom. The van der Waals surface area contributed by atoms with Crippen molar-refractivity contribution in [3.63, 3.8) is 0 Å². The highest BCUT2D eigenvalue weighted by Gasteiger charge is 2.27. The van der Waals surface area contributed by atoms with Crippen molar-refractivity contribution < 1.29 is 16.8 Å². The molecule has 1 rings (SSSR count). The largest absolute Gasteiger partial charge is 0.316 e. The van der Waals surface area contributed by atoms with Crippen molar-refractivity contribution in [2.75, 3.05) is 27.7 Å². The number of nitrogens with one attached hydrogen (secondary N) is 2. The van der Waals surface area contributed by atoms with Crippen molar-refractivity contribution >= 4 is 32.5 Å². The Morgan fingerprint density at radius 3 is 2.05 bits per heavy atom. The number of halogens is 1. The highest BCUT2D eigenvalue weighted by molar-refractivity contribution is 7.92. The second-order valence-electron chi connectivity index (χ2n) is 4.78. The van der Waals surface area contributed by atoms with Crippen molar-refractivity contribution in [2.45, 2.75) is 22.8 Å². The average Bonchev–Trinajstić information content (AvgIpc) is 2.44. The molecule has 0 fully saturated rings. The van der Waals surface area contributed by atoms with E-state index >= 15 is 0 Å². The third kappa shape index (κ3) is 4.90. The minimum absolute atomic E-state index is 0. The molecule has 0 aliphatic heterocycles. The lowest BCUT2D eigenvalue weighted by Crippen LogP contribution is -2.37. The molecule has 0 aliphatic rings. The van der Waals surface area contributed by atoms with Crippen LogP contribution in [-0.2, 0) is 20.0 Å². The molecule has 0 amide bonds. The fourth-order valence-electron chi connectivity index (χ4n) is 1.50. The molecule has 1 aromatic rings. The molecule has 2 N–H and O–H groups in total. The number of likely N-dealkylation sites (N-methyl/N-ethyl adjacent to an activating group) is 1. The first-order chi connectivity index (χ1) is 9.63. The summed E-state index contributed by atoms with van der Waals surface area (Å²) in [5.74, 6) is 0. The summed E-state index contributed by atoms with van der Waals surface area (Å²) < 4.78 is 52.5. The van der Waals surface area contributed by atoms with Crippen molar-refractivity contribution in [2.24, 2.45) is 0 Å². The van der Waals surface area contributed by atoms with Crippen LogP contribution in [0, 0.1) is 0 Å². The van der Waals surface area contributed by atoms with Crippen LogP contribution in [0.2, 0.25) is 0 Å². The second-order valence-corrected chi connectivity index (χ2v) is 8.63. The van der Waals surface area contributed by atoms with Crippen molar-refractivity contribution in [3.8, 4) is 0 Å². The maximum Gasteiger partial charge on any atom is 0.243 e. The summed E-state index contributed by atoms with van der Waals surface area (Å²) in [6.07, 6.45) is 0. The van der Waals surface area contributed by atoms with E-state index in [-0.39, 0.29) is 34.8 Å². The molecule has 128 valence electrons. The van der Waals surface area contributed by atoms with Gasteiger partial charge in [0.2, 0.25) is 20.0 Å². The van der Waals surface area contributed by atoms with E-state index in [0.717, 1.165) is 4.31 Å². The summed E-state index contributed by atoms with van der Waals surface area (Å²) in [4.78, 5) is -0.485. The summed E-state index contributed by atoms with van der Waals surface area (Å²) in [7, 11) is -3.32. The average molecular weight is 372 g/mol. The summed E-state index contributed by atoms with van der Waals surface area (Å²) in [5.41, 5.74) is 0. The van der Waals surface area contributed by atoms with Crippen LogP contribution in [0.3, 0.4) is 0 Å². The zero-order chi connectivity index (χ0) is 16.3. The molecular formula is C12H22ClN3O4S2. The monoisotopic (exact) mass is 371 g/mol. The fourth-order valence-corrected chi connectivity index (χ4v) is 4.32. The van der Waals surface area contributed by atoms with Crippen LogP contribution in [0.5, 0.6) is 0 Å². The van der Waals surface area contributed by atoms with Gasteiger partial charge in [0.05, 0.1) is 0 Å². The first kappa shape index (κ1) is 21.3. The number of benzene rings is 1. The van der Waals surface area contributed by atoms with Gasteiger partial charge in [-0.3, -0.25) is 0 Å². The Morgan fingerprint density at radius 2 is 1.59 bits per heavy atom. The third-order valence-corrected chi connectivity index (χ3v) is 6.45. The minimum Gasteiger partial charge on any atom is -0.316 e. The lowest BCUT2D eigenvalue weighted by atomic mass is 10.4. The number of hydrogen-bond donors (Lipinski definition) is 2. The van der Waals surface area contributed by atoms with E-state index in [2.05, 4.69) is 10.0 Å². The molecule has 0 bridgehead atoms. The van der Waals surface area contributed by atoms with Crippen LogP contribution in [0.1, 0.15) is 6.92 Å². The summed E-state index contributed by atoms with van der Waals surface area (Å²) in [6, 6.07) is 5.47. The zero-order valence-corrected chi connectivity index (χ0v) is 15.3. The van der Waals surface area contributed by atoms with Crippen LogP contribution in [0.15, 0.2) is 34.1 Å². The Hall–Kier alpha value is -0.710. The number of sulfonamides is 2. The standard InChI is InChI=1S/C12H21N3O4S2.ClH/c1-10(13-2)9-14-20(16,17)11-7-5-6-8-12(11)21(18,19)15(3)4;/h5-8,10,13-14H,9H2,1-4H3;1H. The van der Waals surface area contributed by atoms with Gasteiger partial charge in [0.1, 0.15) is 9.79 Å². The van der Waals surface area contributed by atoms with Crippen LogP contribution < -0.4 is 10.0 Å². The van der Waals surface area contributed by atoms with Crippen molar-refractivity contribution in [1.82, 2.24) is 14.3 Å². The van der Waals surface area contributed by atoms with Crippen LogP contribution in [-0.4, -0.2) is 54.9 Å². The number of rotatable bonds is 7. The maximum absolute atomic E-state index is 12.3. The van der Waals surface area contributed by atoms with E-state index in [1.807, 2.05) is 6.92 Å². The van der Waals surface area contributed by atoms with E-state index in [0.29, 0.717) is 0 Å². The van der Waals surface area contributed by atoms with E-state index in [9.17, 15) is 16.8 Å². The lowest BCUT2D eigenvalue weighted by molar-refractivity contribution is 0.515. The Labute approximate surface area is 138 Å². The molecular weight excluding hydrogens is 350 g/mol. The first-order valence-electron chi connectivity index (χ1n) is 6.31. The topological polar surface area (TPSA) is 95.6 Å². The molecule has 0 saturated carbocycles. The van der Waals surface area contributed by atoms with Gasteiger partial charge in [0.15, 0.2) is 0 Å². The molecule has 1 atom stereocenters. The summed E-state index contributed by atoms with van der Waals surface area (Å²) >= 11 is 0. The lowest BCUT2D eigenvalue weighted by Gasteiger charge is -2.16. The van der Waals surface area contributed by atoms with Gasteiger partial charge >= 0.3 is 0 Å². The van der Waals surface area contributed by atoms with Crippen molar-refractivity contribution in [3.05, 3.63) is 24.3 Å². The van der Waals surface area contributed by atoms with Gasteiger partial charge in [-0.15, -0.1) is 12.4 Å². The van der Waals surface area contributed by atoms with Gasteiger partial charge in [-0.05, 0) is 26.1 Å². The molecule has 0 heterocycles. The molecule has 0 aliphatic carbocycles. The summed E-state index contributed by atoms with van der Waals surface area (Å²) in [6.45, 7) is 1.97. The van der Waals surface area contributed by atoms with E-state index in [4.69, 9.17) is 0 Å². The third-order valence-electron chi connectivity index (χ3n) is 2.97. The molecule has 0 aromatic heterocycles. The van der Waals surface area contributed by atoms with Gasteiger partial charge in [0, 0.05) is 26.7 Å². The van der Waals surface area contributed by atoms with E-state index < -0.39 is 20.0 Å². The van der Waals surface area contributed by atoms with E-state index in [1.54, 1.807) is 7.05 Å². The minimum atomic E-state index is -3.91. The van der Waals surface area contributed by atoms with Gasteiger partial charge < -0.3 is 5.32 Å². The molecule has 0 spiro atoms. The van der Waals surface area contributed by atoms with Gasteiger partial charge in [-0.25, -0.2) is 25.9 Å². The molecule has 0 radical (unpaired) electrons. The molecule has 7 nitrogen and oxygen atoms in total. The Bertz CT molecular complexity index is 690. The molecule has 0 saturated heterocycles. The SMILES string of the molecule is CNC(C)CNS(=O)(=O)c1ccccc1S(=O)(=O)N(C)C.Cl. The smallest absolute Gasteiger partial charge is 0.243 e. The van der Waals surface area contributed by atoms with Crippen LogP contribution >= 0.6 is 12.4 Å². The highest BCUT2D eigenvalue weighted by atomic mass is 35.5. The van der Waals surface area contributed by atoms with Gasteiger partial charge in [0.25, 0.3) is 0 Å². The predicted octanol–water partition coefficient (Wildman–Crippen LogP) is 0.245. The van der Waals surface area contributed by atoms with Crippen LogP contribution in [0.4, 0.5) is 0 Å². The molecule has 10 heteroatoms. The first-order valence-corrected chi connectivity index (χ1v) is 9.23. The fraction of sp³-hybridized carbons (Fsp3) is 0.500. The Balaban J connectivity index is 0.00000441. The van der Waals surface area contributed by atoms with Crippen LogP contribution in [0.25, 0.3) is 0 Å². The summed E-state index contributed by atoms with van der Waals surface area (Å²) in [5, 5.41) is 2.90. The van der Waals surface area contributed by atoms with Crippen molar-refractivity contribution in [1.29, 1.82) is 0 Å². The molecule has 1 aromatic carbocycles. The van der Waals surface area contributed by atoms with E-state index in [1.165, 1.54) is 38.4 Å². The molecule has 1 unspecified atom stereocenters. The maximum atomic E-state index is 12.3. The number of hydrogen-bond acceptors (Lipinski definition) is 5.